The minimum atomic E-state index is -0.785. The number of carbonyl (C=O) groups is 3. The average molecular weight is 461 g/mol. The second kappa shape index (κ2) is 9.58. The molecule has 0 bridgehead atoms. The van der Waals surface area contributed by atoms with Crippen molar-refractivity contribution in [2.24, 2.45) is 0 Å². The minimum absolute atomic E-state index is 0.122. The van der Waals surface area contributed by atoms with Crippen molar-refractivity contribution in [3.05, 3.63) is 71.8 Å². The molecule has 3 aliphatic rings. The molecule has 2 heterocycles. The molecule has 1 spiro atoms. The quantitative estimate of drug-likeness (QED) is 0.696. The van der Waals surface area contributed by atoms with Gasteiger partial charge < -0.3 is 10.2 Å². The van der Waals surface area contributed by atoms with Crippen LogP contribution < -0.4 is 5.32 Å². The standard InChI is InChI=1S/C27H32N4O3/c32-23(20-31-25(33)27(28-26(31)34)14-8-3-9-15-27)29-16-18-30(19-17-29)24(21-10-4-1-5-11-21)22-12-6-2-7-13-22/h1-2,4-7,10-13,24H,3,8-9,14-20H2,(H,28,34). The molecule has 1 aliphatic carbocycles. The van der Waals surface area contributed by atoms with Crippen LogP contribution in [0.2, 0.25) is 0 Å². The zero-order chi connectivity index (χ0) is 23.5. The Kier molecular flexibility index (Phi) is 6.37. The molecule has 0 aromatic heterocycles. The number of nitrogens with one attached hydrogen (secondary N) is 1. The topological polar surface area (TPSA) is 73.0 Å². The van der Waals surface area contributed by atoms with E-state index in [9.17, 15) is 14.4 Å². The molecule has 2 aromatic rings. The van der Waals surface area contributed by atoms with Crippen LogP contribution >= 0.6 is 0 Å². The monoisotopic (exact) mass is 460 g/mol. The number of benzene rings is 2. The lowest BCUT2D eigenvalue weighted by molar-refractivity contribution is -0.140. The molecule has 3 fully saturated rings. The van der Waals surface area contributed by atoms with E-state index in [-0.39, 0.29) is 24.4 Å². The molecular weight excluding hydrogens is 428 g/mol. The first kappa shape index (κ1) is 22.6. The van der Waals surface area contributed by atoms with E-state index in [1.165, 1.54) is 11.1 Å². The fourth-order valence-corrected chi connectivity index (χ4v) is 5.66. The van der Waals surface area contributed by atoms with Crippen LogP contribution in [0.4, 0.5) is 4.79 Å². The number of hydrogen-bond acceptors (Lipinski definition) is 4. The molecule has 178 valence electrons. The number of hydrogen-bond donors (Lipinski definition) is 1. The Hall–Kier alpha value is -3.19. The van der Waals surface area contributed by atoms with Crippen molar-refractivity contribution in [3.63, 3.8) is 0 Å². The third-order valence-electron chi connectivity index (χ3n) is 7.51. The molecule has 2 aliphatic heterocycles. The van der Waals surface area contributed by atoms with Gasteiger partial charge in [-0.05, 0) is 24.0 Å². The highest BCUT2D eigenvalue weighted by Crippen LogP contribution is 2.34. The van der Waals surface area contributed by atoms with Crippen molar-refractivity contribution in [3.8, 4) is 0 Å². The van der Waals surface area contributed by atoms with Gasteiger partial charge in [0.15, 0.2) is 0 Å². The Bertz CT molecular complexity index is 989. The second-order valence-electron chi connectivity index (χ2n) is 9.60. The van der Waals surface area contributed by atoms with Crippen LogP contribution in [-0.4, -0.2) is 70.8 Å². The summed E-state index contributed by atoms with van der Waals surface area (Å²) in [6, 6.07) is 20.6. The Morgan fingerprint density at radius 3 is 1.94 bits per heavy atom. The van der Waals surface area contributed by atoms with Gasteiger partial charge in [0.25, 0.3) is 5.91 Å². The van der Waals surface area contributed by atoms with Crippen molar-refractivity contribution in [2.45, 2.75) is 43.7 Å². The van der Waals surface area contributed by atoms with Crippen LogP contribution in [0, 0.1) is 0 Å². The maximum Gasteiger partial charge on any atom is 0.325 e. The maximum absolute atomic E-state index is 13.1. The van der Waals surface area contributed by atoms with E-state index in [0.717, 1.165) is 37.3 Å². The highest BCUT2D eigenvalue weighted by molar-refractivity contribution is 6.09. The van der Waals surface area contributed by atoms with Crippen molar-refractivity contribution in [1.82, 2.24) is 20.0 Å². The molecule has 0 unspecified atom stereocenters. The summed E-state index contributed by atoms with van der Waals surface area (Å²) in [5, 5.41) is 2.89. The van der Waals surface area contributed by atoms with Crippen LogP contribution in [0.1, 0.15) is 49.3 Å². The largest absolute Gasteiger partial charge is 0.339 e. The smallest absolute Gasteiger partial charge is 0.325 e. The van der Waals surface area contributed by atoms with E-state index in [0.29, 0.717) is 25.9 Å². The van der Waals surface area contributed by atoms with Gasteiger partial charge in [-0.15, -0.1) is 0 Å². The molecule has 2 saturated heterocycles. The number of imide groups is 1. The van der Waals surface area contributed by atoms with Crippen LogP contribution in [-0.2, 0) is 9.59 Å². The van der Waals surface area contributed by atoms with Gasteiger partial charge in [0.2, 0.25) is 5.91 Å². The first-order valence-corrected chi connectivity index (χ1v) is 12.3. The van der Waals surface area contributed by atoms with Gasteiger partial charge in [-0.3, -0.25) is 19.4 Å². The van der Waals surface area contributed by atoms with E-state index >= 15 is 0 Å². The van der Waals surface area contributed by atoms with Crippen LogP contribution in [0.5, 0.6) is 0 Å². The van der Waals surface area contributed by atoms with Crippen LogP contribution in [0.15, 0.2) is 60.7 Å². The number of rotatable bonds is 5. The third kappa shape index (κ3) is 4.32. The summed E-state index contributed by atoms with van der Waals surface area (Å²) < 4.78 is 0. The molecule has 1 N–H and O–H groups in total. The molecule has 0 radical (unpaired) electrons. The summed E-state index contributed by atoms with van der Waals surface area (Å²) in [6.45, 7) is 2.43. The van der Waals surface area contributed by atoms with E-state index in [4.69, 9.17) is 0 Å². The summed E-state index contributed by atoms with van der Waals surface area (Å²) in [5.74, 6) is -0.385. The molecule has 7 nitrogen and oxygen atoms in total. The average Bonchev–Trinajstić information content (AvgIpc) is 3.10. The molecule has 1 saturated carbocycles. The van der Waals surface area contributed by atoms with Gasteiger partial charge in [-0.25, -0.2) is 4.79 Å². The summed E-state index contributed by atoms with van der Waals surface area (Å²) >= 11 is 0. The fraction of sp³-hybridized carbons (Fsp3) is 0.444. The summed E-state index contributed by atoms with van der Waals surface area (Å²) in [6.07, 6.45) is 4.28. The highest BCUT2D eigenvalue weighted by atomic mass is 16.2. The van der Waals surface area contributed by atoms with Gasteiger partial charge in [-0.1, -0.05) is 79.9 Å². The first-order chi connectivity index (χ1) is 16.6. The second-order valence-corrected chi connectivity index (χ2v) is 9.60. The summed E-state index contributed by atoms with van der Waals surface area (Å²) in [5.41, 5.74) is 1.67. The Morgan fingerprint density at radius 2 is 1.38 bits per heavy atom. The lowest BCUT2D eigenvalue weighted by Crippen LogP contribution is -2.53. The molecule has 0 atom stereocenters. The molecular formula is C27H32N4O3. The predicted molar refractivity (Wildman–Crippen MR) is 129 cm³/mol. The van der Waals surface area contributed by atoms with Gasteiger partial charge in [-0.2, -0.15) is 0 Å². The van der Waals surface area contributed by atoms with Crippen LogP contribution in [0.3, 0.4) is 0 Å². The Balaban J connectivity index is 1.23. The number of amides is 4. The van der Waals surface area contributed by atoms with Gasteiger partial charge in [0.05, 0.1) is 6.04 Å². The van der Waals surface area contributed by atoms with Crippen molar-refractivity contribution in [1.29, 1.82) is 0 Å². The number of nitrogens with zero attached hydrogens (tertiary/aromatic N) is 3. The van der Waals surface area contributed by atoms with Crippen molar-refractivity contribution >= 4 is 17.8 Å². The lowest BCUT2D eigenvalue weighted by atomic mass is 9.82. The van der Waals surface area contributed by atoms with E-state index in [1.54, 1.807) is 4.90 Å². The third-order valence-corrected chi connectivity index (χ3v) is 7.51. The van der Waals surface area contributed by atoms with Crippen LogP contribution in [0.25, 0.3) is 0 Å². The SMILES string of the molecule is O=C(CN1C(=O)NC2(CCCCC2)C1=O)N1CCN(C(c2ccccc2)c2ccccc2)CC1. The van der Waals surface area contributed by atoms with Crippen molar-refractivity contribution in [2.75, 3.05) is 32.7 Å². The minimum Gasteiger partial charge on any atom is -0.339 e. The summed E-state index contributed by atoms with van der Waals surface area (Å²) in [4.78, 5) is 44.0. The first-order valence-electron chi connectivity index (χ1n) is 12.3. The fourth-order valence-electron chi connectivity index (χ4n) is 5.66. The van der Waals surface area contributed by atoms with E-state index < -0.39 is 11.6 Å². The molecule has 5 rings (SSSR count). The molecule has 34 heavy (non-hydrogen) atoms. The number of piperazine rings is 1. The number of urea groups is 1. The Morgan fingerprint density at radius 1 is 0.824 bits per heavy atom. The number of carbonyl (C=O) groups excluding carboxylic acids is 3. The zero-order valence-corrected chi connectivity index (χ0v) is 19.5. The lowest BCUT2D eigenvalue weighted by Gasteiger charge is -2.40. The van der Waals surface area contributed by atoms with E-state index in [1.807, 2.05) is 12.1 Å². The normalized spacial score (nSPS) is 20.7. The molecule has 7 heteroatoms. The maximum atomic E-state index is 13.1. The van der Waals surface area contributed by atoms with Gasteiger partial charge in [0.1, 0.15) is 12.1 Å². The van der Waals surface area contributed by atoms with E-state index in [2.05, 4.69) is 58.7 Å². The van der Waals surface area contributed by atoms with Crippen molar-refractivity contribution < 1.29 is 14.4 Å². The van der Waals surface area contributed by atoms with Gasteiger partial charge >= 0.3 is 6.03 Å². The molecule has 2 aromatic carbocycles. The zero-order valence-electron chi connectivity index (χ0n) is 19.5. The highest BCUT2D eigenvalue weighted by Gasteiger charge is 2.51. The van der Waals surface area contributed by atoms with Gasteiger partial charge in [0, 0.05) is 26.2 Å². The molecule has 4 amide bonds. The summed E-state index contributed by atoms with van der Waals surface area (Å²) in [7, 11) is 0. The Labute approximate surface area is 200 Å². The predicted octanol–water partition coefficient (Wildman–Crippen LogP) is 3.17.